The van der Waals surface area contributed by atoms with E-state index in [1.165, 1.54) is 5.57 Å². The summed E-state index contributed by atoms with van der Waals surface area (Å²) in [5.74, 6) is -0.115. The molecule has 3 fully saturated rings. The van der Waals surface area contributed by atoms with Gasteiger partial charge in [0.15, 0.2) is 0 Å². The van der Waals surface area contributed by atoms with Gasteiger partial charge in [-0.3, -0.25) is 4.79 Å². The molecular formula is C31H47N3O8. The highest BCUT2D eigenvalue weighted by Crippen LogP contribution is 2.59. The quantitative estimate of drug-likeness (QED) is 0.143. The molecule has 1 aromatic rings. The normalized spacial score (nSPS) is 29.4. The average molecular weight is 590 g/mol. The molecule has 0 radical (unpaired) electrons. The second-order valence-electron chi connectivity index (χ2n) is 11.5. The number of hydrogen-bond donors (Lipinski definition) is 3. The van der Waals surface area contributed by atoms with E-state index in [0.717, 1.165) is 18.5 Å². The zero-order chi connectivity index (χ0) is 30.0. The Morgan fingerprint density at radius 1 is 1.05 bits per heavy atom. The van der Waals surface area contributed by atoms with Crippen LogP contribution in [-0.2, 0) is 33.2 Å². The van der Waals surface area contributed by atoms with E-state index in [2.05, 4.69) is 42.8 Å². The number of para-hydroxylation sites is 1. The van der Waals surface area contributed by atoms with Gasteiger partial charge in [-0.2, -0.15) is 0 Å². The number of allylic oxidation sites excluding steroid dienone is 1. The molecule has 4 rings (SSSR count). The van der Waals surface area contributed by atoms with Gasteiger partial charge in [0.2, 0.25) is 5.91 Å². The summed E-state index contributed by atoms with van der Waals surface area (Å²) in [7, 11) is 1.66. The summed E-state index contributed by atoms with van der Waals surface area (Å²) < 4.78 is 35.0. The number of nitrogens with one attached hydrogen (secondary N) is 3. The minimum Gasteiger partial charge on any atom is -0.443 e. The highest BCUT2D eigenvalue weighted by Gasteiger charge is 2.72. The molecule has 1 aromatic carbocycles. The van der Waals surface area contributed by atoms with Gasteiger partial charge in [0.25, 0.3) is 0 Å². The van der Waals surface area contributed by atoms with Crippen molar-refractivity contribution in [1.29, 1.82) is 0 Å². The maximum absolute atomic E-state index is 12.6. The molecule has 2 saturated heterocycles. The highest BCUT2D eigenvalue weighted by molar-refractivity contribution is 5.80. The summed E-state index contributed by atoms with van der Waals surface area (Å²) in [5, 5.41) is 8.62. The van der Waals surface area contributed by atoms with Gasteiger partial charge < -0.3 is 44.4 Å². The molecule has 6 atom stereocenters. The van der Waals surface area contributed by atoms with Crippen LogP contribution in [0.3, 0.4) is 0 Å². The number of amides is 2. The number of carbonyl (C=O) groups is 2. The molecule has 42 heavy (non-hydrogen) atoms. The first-order valence-electron chi connectivity index (χ1n) is 14.9. The third kappa shape index (κ3) is 8.90. The Kier molecular flexibility index (Phi) is 11.6. The van der Waals surface area contributed by atoms with E-state index in [1.807, 2.05) is 30.3 Å². The van der Waals surface area contributed by atoms with Crippen molar-refractivity contribution in [2.45, 2.75) is 69.5 Å². The lowest BCUT2D eigenvalue weighted by Crippen LogP contribution is -2.56. The van der Waals surface area contributed by atoms with E-state index >= 15 is 0 Å². The average Bonchev–Trinajstić information content (AvgIpc) is 3.89. The van der Waals surface area contributed by atoms with Crippen molar-refractivity contribution in [3.63, 3.8) is 0 Å². The lowest BCUT2D eigenvalue weighted by molar-refractivity contribution is -0.119. The summed E-state index contributed by atoms with van der Waals surface area (Å²) in [5.41, 5.74) is 1.53. The molecule has 2 amide bonds. The largest absolute Gasteiger partial charge is 0.443 e. The van der Waals surface area contributed by atoms with E-state index in [4.69, 9.17) is 28.4 Å². The molecular weight excluding hydrogens is 542 g/mol. The van der Waals surface area contributed by atoms with Crippen LogP contribution in [0.2, 0.25) is 0 Å². The summed E-state index contributed by atoms with van der Waals surface area (Å²) in [6.45, 7) is 9.41. The van der Waals surface area contributed by atoms with Crippen LogP contribution in [0.15, 0.2) is 42.0 Å². The molecule has 0 bridgehead atoms. The van der Waals surface area contributed by atoms with Crippen LogP contribution in [0.5, 0.6) is 0 Å². The number of carbonyl (C=O) groups excluding carboxylic acids is 2. The Hall–Kier alpha value is -2.70. The summed E-state index contributed by atoms with van der Waals surface area (Å²) in [6, 6.07) is 9.55. The number of epoxide rings is 2. The minimum atomic E-state index is -0.492. The smallest absolute Gasteiger partial charge is 0.407 e. The van der Waals surface area contributed by atoms with Gasteiger partial charge in [-0.15, -0.1) is 0 Å². The fraction of sp³-hybridized carbons (Fsp3) is 0.677. The van der Waals surface area contributed by atoms with E-state index in [1.54, 1.807) is 7.11 Å². The number of ether oxygens (including phenoxy) is 6. The van der Waals surface area contributed by atoms with Crippen LogP contribution in [0, 0.1) is 5.92 Å². The van der Waals surface area contributed by atoms with Gasteiger partial charge in [-0.1, -0.05) is 29.8 Å². The fourth-order valence-electron chi connectivity index (χ4n) is 5.86. The Balaban J connectivity index is 1.05. The first-order chi connectivity index (χ1) is 20.3. The van der Waals surface area contributed by atoms with Crippen molar-refractivity contribution in [3.8, 4) is 0 Å². The Labute approximate surface area is 249 Å². The number of benzene rings is 1. The van der Waals surface area contributed by atoms with Crippen molar-refractivity contribution in [2.24, 2.45) is 5.92 Å². The molecule has 1 saturated carbocycles. The van der Waals surface area contributed by atoms with Gasteiger partial charge in [0.05, 0.1) is 51.6 Å². The Bertz CT molecular complexity index is 1050. The second-order valence-corrected chi connectivity index (χ2v) is 11.5. The monoisotopic (exact) mass is 589 g/mol. The van der Waals surface area contributed by atoms with Crippen molar-refractivity contribution in [2.75, 3.05) is 65.1 Å². The maximum Gasteiger partial charge on any atom is 0.407 e. The summed E-state index contributed by atoms with van der Waals surface area (Å²) >= 11 is 0. The molecule has 0 aromatic heterocycles. The zero-order valence-corrected chi connectivity index (χ0v) is 25.3. The van der Waals surface area contributed by atoms with Crippen molar-refractivity contribution in [3.05, 3.63) is 42.0 Å². The molecule has 4 unspecified atom stereocenters. The van der Waals surface area contributed by atoms with Crippen molar-refractivity contribution < 1.29 is 38.0 Å². The molecule has 2 aliphatic heterocycles. The lowest BCUT2D eigenvalue weighted by Gasteiger charge is -2.42. The first kappa shape index (κ1) is 32.2. The Morgan fingerprint density at radius 2 is 1.74 bits per heavy atom. The number of hydrogen-bond acceptors (Lipinski definition) is 9. The number of methoxy groups -OCH3 is 1. The van der Waals surface area contributed by atoms with Gasteiger partial charge >= 0.3 is 6.09 Å². The summed E-state index contributed by atoms with van der Waals surface area (Å²) in [6.07, 6.45) is 3.44. The van der Waals surface area contributed by atoms with Crippen LogP contribution >= 0.6 is 0 Å². The van der Waals surface area contributed by atoms with Crippen LogP contribution in [0.1, 0.15) is 40.0 Å². The molecule has 11 nitrogen and oxygen atoms in total. The van der Waals surface area contributed by atoms with Gasteiger partial charge in [-0.25, -0.2) is 4.79 Å². The van der Waals surface area contributed by atoms with Crippen LogP contribution in [0.4, 0.5) is 10.5 Å². The minimum absolute atomic E-state index is 0.0141. The standard InChI is InChI=1S/C31H47N3O8/c1-22(2)10-11-25-30(3,42-25)28-27(37-4)24(12-13-31(28)21-40-31)41-29(36)33-15-17-39-19-18-38-16-14-32-26(35)20-34-23-8-6-5-7-9-23/h5-10,24-25,27-28,34H,11-21H2,1-4H3,(H,32,35)(H,33,36)/t24?,25-,27?,28?,30?,31+/m1/s1. The van der Waals surface area contributed by atoms with E-state index in [-0.39, 0.29) is 47.9 Å². The molecule has 11 heteroatoms. The number of anilines is 1. The lowest BCUT2D eigenvalue weighted by atomic mass is 9.68. The molecule has 1 spiro atoms. The number of alkyl carbamates (subject to hydrolysis) is 1. The molecule has 2 heterocycles. The predicted molar refractivity (Wildman–Crippen MR) is 157 cm³/mol. The van der Waals surface area contributed by atoms with Crippen molar-refractivity contribution >= 4 is 17.7 Å². The topological polar surface area (TPSA) is 132 Å². The number of rotatable bonds is 17. The van der Waals surface area contributed by atoms with Gasteiger partial charge in [0, 0.05) is 25.9 Å². The Morgan fingerprint density at radius 3 is 2.38 bits per heavy atom. The SMILES string of the molecule is COC1C(OC(=O)NCCOCCOCCNC(=O)CNc2ccccc2)CC[C@]2(CO2)C1C1(C)O[C@@H]1CC=C(C)C. The maximum atomic E-state index is 12.6. The predicted octanol–water partition coefficient (Wildman–Crippen LogP) is 3.05. The van der Waals surface area contributed by atoms with Crippen LogP contribution in [0.25, 0.3) is 0 Å². The first-order valence-corrected chi connectivity index (χ1v) is 14.9. The van der Waals surface area contributed by atoms with E-state index in [9.17, 15) is 9.59 Å². The summed E-state index contributed by atoms with van der Waals surface area (Å²) in [4.78, 5) is 24.4. The molecule has 3 aliphatic rings. The van der Waals surface area contributed by atoms with Gasteiger partial charge in [-0.05, 0) is 52.2 Å². The van der Waals surface area contributed by atoms with Crippen LogP contribution < -0.4 is 16.0 Å². The third-order valence-corrected chi connectivity index (χ3v) is 8.18. The molecule has 1 aliphatic carbocycles. The van der Waals surface area contributed by atoms with Crippen LogP contribution in [-0.4, -0.2) is 101 Å². The van der Waals surface area contributed by atoms with E-state index in [0.29, 0.717) is 52.5 Å². The third-order valence-electron chi connectivity index (χ3n) is 8.18. The molecule has 3 N–H and O–H groups in total. The highest BCUT2D eigenvalue weighted by atomic mass is 16.6. The van der Waals surface area contributed by atoms with Crippen molar-refractivity contribution in [1.82, 2.24) is 10.6 Å². The molecule has 234 valence electrons. The second kappa shape index (κ2) is 15.2. The zero-order valence-electron chi connectivity index (χ0n) is 25.3. The fourth-order valence-corrected chi connectivity index (χ4v) is 5.86. The van der Waals surface area contributed by atoms with Gasteiger partial charge in [0.1, 0.15) is 23.4 Å². The van der Waals surface area contributed by atoms with E-state index < -0.39 is 6.09 Å².